The molecular weight excluding hydrogens is 677 g/mol. The number of hydrogen-bond donors (Lipinski definition) is 0. The summed E-state index contributed by atoms with van der Waals surface area (Å²) in [7, 11) is 0. The summed E-state index contributed by atoms with van der Waals surface area (Å²) in [6.45, 7) is 27.1. The smallest absolute Gasteiger partial charge is 0.0490 e. The molecule has 0 atom stereocenters. The van der Waals surface area contributed by atoms with Crippen molar-refractivity contribution in [2.24, 2.45) is 0 Å². The molecule has 0 bridgehead atoms. The lowest BCUT2D eigenvalue weighted by atomic mass is 9.83. The van der Waals surface area contributed by atoms with E-state index in [-0.39, 0.29) is 0 Å². The van der Waals surface area contributed by atoms with Crippen molar-refractivity contribution >= 4 is 66.4 Å². The van der Waals surface area contributed by atoms with Crippen LogP contribution in [-0.4, -0.2) is 0 Å². The zero-order valence-electron chi connectivity index (χ0n) is 35.4. The van der Waals surface area contributed by atoms with Gasteiger partial charge in [0.05, 0.1) is 0 Å². The van der Waals surface area contributed by atoms with Gasteiger partial charge in [-0.05, 0) is 205 Å². The monoisotopic (exact) mass is 732 g/mol. The van der Waals surface area contributed by atoms with E-state index in [0.29, 0.717) is 11.8 Å². The third-order valence-corrected chi connectivity index (χ3v) is 12.2. The molecular formula is C54H56N2. The first-order valence-electron chi connectivity index (χ1n) is 20.4. The molecule has 0 N–H and O–H groups in total. The summed E-state index contributed by atoms with van der Waals surface area (Å²) in [5, 5.41) is 8.01. The maximum atomic E-state index is 2.50. The molecule has 282 valence electrons. The minimum Gasteiger partial charge on any atom is -0.310 e. The molecule has 2 heteroatoms. The topological polar surface area (TPSA) is 6.48 Å². The Morgan fingerprint density at radius 2 is 0.732 bits per heavy atom. The molecule has 56 heavy (non-hydrogen) atoms. The molecule has 0 fully saturated rings. The van der Waals surface area contributed by atoms with Crippen LogP contribution >= 0.6 is 0 Å². The molecule has 0 heterocycles. The first-order valence-corrected chi connectivity index (χ1v) is 20.4. The van der Waals surface area contributed by atoms with Gasteiger partial charge >= 0.3 is 0 Å². The maximum Gasteiger partial charge on any atom is 0.0490 e. The summed E-state index contributed by atoms with van der Waals surface area (Å²) in [5.74, 6) is 0.660. The number of hydrogen-bond acceptors (Lipinski definition) is 2. The van der Waals surface area contributed by atoms with Crippen LogP contribution in [0.5, 0.6) is 0 Å². The SMILES string of the molecule is Cc1ccc(N(c2ccc(C)c(C)c2)c2cc3cc(C(C)C)c4cc(N(c5ccc(C)c(C)c5)c5ccc(C)cc5C)cc5cc(C(C)C)c(c2)c3c54)c(C)c1. The van der Waals surface area contributed by atoms with Crippen molar-refractivity contribution in [2.45, 2.75) is 94.9 Å². The van der Waals surface area contributed by atoms with Crippen molar-refractivity contribution in [1.82, 2.24) is 0 Å². The minimum absolute atomic E-state index is 0.330. The van der Waals surface area contributed by atoms with E-state index in [1.165, 1.54) is 122 Å². The van der Waals surface area contributed by atoms with Crippen molar-refractivity contribution in [3.05, 3.63) is 165 Å². The Morgan fingerprint density at radius 3 is 1.07 bits per heavy atom. The molecule has 8 aromatic carbocycles. The van der Waals surface area contributed by atoms with Gasteiger partial charge in [0.15, 0.2) is 0 Å². The standard InChI is InChI=1S/C54H56N2/c1-31(2)47-27-41-25-46(56(44-18-16-36(8)38(10)24-44)52-20-14-34(6)22-40(52)12)30-50-48(32(3)4)28-42-26-45(29-49(47)53(42)54(41)50)55(43-17-15-35(7)37(9)23-43)51-19-13-33(5)21-39(51)11/h13-32H,1-12H3. The van der Waals surface area contributed by atoms with Crippen LogP contribution in [0, 0.1) is 55.4 Å². The summed E-state index contributed by atoms with van der Waals surface area (Å²) in [5.41, 5.74) is 20.2. The lowest BCUT2D eigenvalue weighted by Crippen LogP contribution is -2.13. The minimum atomic E-state index is 0.330. The quantitative estimate of drug-likeness (QED) is 0.144. The zero-order chi connectivity index (χ0) is 39.7. The fourth-order valence-electron chi connectivity index (χ4n) is 8.94. The zero-order valence-corrected chi connectivity index (χ0v) is 35.4. The van der Waals surface area contributed by atoms with Crippen molar-refractivity contribution in [1.29, 1.82) is 0 Å². The summed E-state index contributed by atoms with van der Waals surface area (Å²) in [6.07, 6.45) is 0. The van der Waals surface area contributed by atoms with E-state index >= 15 is 0 Å². The first-order chi connectivity index (χ1) is 26.7. The Labute approximate surface area is 334 Å². The Hall–Kier alpha value is -5.60. The van der Waals surface area contributed by atoms with Gasteiger partial charge < -0.3 is 9.80 Å². The molecule has 0 spiro atoms. The number of rotatable bonds is 8. The van der Waals surface area contributed by atoms with Gasteiger partial charge in [-0.25, -0.2) is 0 Å². The van der Waals surface area contributed by atoms with Gasteiger partial charge in [0.25, 0.3) is 0 Å². The van der Waals surface area contributed by atoms with Crippen LogP contribution in [0.4, 0.5) is 34.1 Å². The van der Waals surface area contributed by atoms with Crippen molar-refractivity contribution in [3.63, 3.8) is 0 Å². The van der Waals surface area contributed by atoms with E-state index in [0.717, 1.165) is 0 Å². The van der Waals surface area contributed by atoms with Gasteiger partial charge in [-0.15, -0.1) is 0 Å². The van der Waals surface area contributed by atoms with Crippen LogP contribution in [0.1, 0.15) is 95.2 Å². The van der Waals surface area contributed by atoms with Gasteiger partial charge in [-0.3, -0.25) is 0 Å². The second-order valence-corrected chi connectivity index (χ2v) is 17.2. The van der Waals surface area contributed by atoms with E-state index < -0.39 is 0 Å². The van der Waals surface area contributed by atoms with E-state index in [1.54, 1.807) is 0 Å². The fraction of sp³-hybridized carbons (Fsp3) is 0.259. The molecule has 0 unspecified atom stereocenters. The summed E-state index contributed by atoms with van der Waals surface area (Å²) >= 11 is 0. The third kappa shape index (κ3) is 6.40. The number of benzene rings is 8. The molecule has 0 saturated carbocycles. The van der Waals surface area contributed by atoms with Crippen molar-refractivity contribution in [3.8, 4) is 0 Å². The van der Waals surface area contributed by atoms with Gasteiger partial charge in [0, 0.05) is 34.1 Å². The lowest BCUT2D eigenvalue weighted by molar-refractivity contribution is 0.876. The van der Waals surface area contributed by atoms with Crippen molar-refractivity contribution < 1.29 is 0 Å². The number of nitrogens with zero attached hydrogens (tertiary/aromatic N) is 2. The van der Waals surface area contributed by atoms with Gasteiger partial charge in [-0.1, -0.05) is 87.4 Å². The second kappa shape index (κ2) is 14.2. The highest BCUT2D eigenvalue weighted by Gasteiger charge is 2.24. The van der Waals surface area contributed by atoms with E-state index in [4.69, 9.17) is 0 Å². The third-order valence-electron chi connectivity index (χ3n) is 12.2. The average Bonchev–Trinajstić information content (AvgIpc) is 3.14. The van der Waals surface area contributed by atoms with Crippen LogP contribution in [0.3, 0.4) is 0 Å². The Kier molecular flexibility index (Phi) is 9.44. The fourth-order valence-corrected chi connectivity index (χ4v) is 8.94. The van der Waals surface area contributed by atoms with E-state index in [9.17, 15) is 0 Å². The highest BCUT2D eigenvalue weighted by atomic mass is 15.1. The van der Waals surface area contributed by atoms with E-state index in [2.05, 4.69) is 202 Å². The van der Waals surface area contributed by atoms with E-state index in [1.807, 2.05) is 0 Å². The van der Waals surface area contributed by atoms with Crippen molar-refractivity contribution in [2.75, 3.05) is 9.80 Å². The first kappa shape index (κ1) is 37.3. The molecule has 0 aliphatic carbocycles. The molecule has 0 aromatic heterocycles. The lowest BCUT2D eigenvalue weighted by Gasteiger charge is -2.31. The Morgan fingerprint density at radius 1 is 0.339 bits per heavy atom. The van der Waals surface area contributed by atoms with Crippen LogP contribution in [0.2, 0.25) is 0 Å². The van der Waals surface area contributed by atoms with Crippen LogP contribution < -0.4 is 9.80 Å². The largest absolute Gasteiger partial charge is 0.310 e. The molecule has 2 nitrogen and oxygen atoms in total. The Balaban J connectivity index is 1.45. The van der Waals surface area contributed by atoms with Crippen LogP contribution in [0.15, 0.2) is 109 Å². The van der Waals surface area contributed by atoms with Gasteiger partial charge in [0.1, 0.15) is 0 Å². The molecule has 8 aromatic rings. The predicted molar refractivity (Wildman–Crippen MR) is 246 cm³/mol. The van der Waals surface area contributed by atoms with Gasteiger partial charge in [-0.2, -0.15) is 0 Å². The second-order valence-electron chi connectivity index (χ2n) is 17.2. The van der Waals surface area contributed by atoms with Gasteiger partial charge in [0.2, 0.25) is 0 Å². The predicted octanol–water partition coefficient (Wildman–Crippen LogP) is 16.2. The highest BCUT2D eigenvalue weighted by Crippen LogP contribution is 2.49. The molecule has 0 radical (unpaired) electrons. The van der Waals surface area contributed by atoms with Crippen LogP contribution in [-0.2, 0) is 0 Å². The average molecular weight is 733 g/mol. The normalized spacial score (nSPS) is 11.9. The molecule has 0 aliphatic heterocycles. The summed E-state index contributed by atoms with van der Waals surface area (Å²) < 4.78 is 0. The van der Waals surface area contributed by atoms with Crippen LogP contribution in [0.25, 0.3) is 32.3 Å². The maximum absolute atomic E-state index is 2.50. The highest BCUT2D eigenvalue weighted by molar-refractivity contribution is 6.26. The molecule has 0 saturated heterocycles. The Bertz CT molecular complexity index is 2610. The summed E-state index contributed by atoms with van der Waals surface area (Å²) in [4.78, 5) is 4.97. The number of anilines is 6. The molecule has 0 aliphatic rings. The number of aryl methyl sites for hydroxylation is 8. The molecule has 0 amide bonds. The molecule has 8 rings (SSSR count). The summed E-state index contributed by atoms with van der Waals surface area (Å²) in [6, 6.07) is 42.4.